The molecule has 0 saturated carbocycles. The second-order valence-electron chi connectivity index (χ2n) is 6.19. The fourth-order valence-electron chi connectivity index (χ4n) is 2.56. The quantitative estimate of drug-likeness (QED) is 0.316. The second kappa shape index (κ2) is 9.86. The van der Waals surface area contributed by atoms with Crippen LogP contribution in [0, 0.1) is 0 Å². The molecule has 3 rings (SSSR count). The van der Waals surface area contributed by atoms with E-state index in [-0.39, 0.29) is 5.02 Å². The number of aromatic nitrogens is 1. The van der Waals surface area contributed by atoms with Crippen LogP contribution in [0.5, 0.6) is 0 Å². The molecule has 0 bridgehead atoms. The summed E-state index contributed by atoms with van der Waals surface area (Å²) in [6, 6.07) is 11.9. The zero-order valence-corrected chi connectivity index (χ0v) is 20.2. The highest BCUT2D eigenvalue weighted by Crippen LogP contribution is 2.35. The molecule has 0 amide bonds. The zero-order valence-electron chi connectivity index (χ0n) is 15.7. The van der Waals surface area contributed by atoms with Gasteiger partial charge in [-0.1, -0.05) is 81.7 Å². The molecule has 2 aromatic carbocycles. The van der Waals surface area contributed by atoms with Crippen LogP contribution in [0.1, 0.15) is 25.2 Å². The molecule has 1 aromatic heterocycles. The molecule has 30 heavy (non-hydrogen) atoms. The summed E-state index contributed by atoms with van der Waals surface area (Å²) >= 11 is 37.6. The molecular weight excluding hydrogens is 507 g/mol. The summed E-state index contributed by atoms with van der Waals surface area (Å²) < 4.78 is 0. The Balaban J connectivity index is 2.11. The minimum absolute atomic E-state index is 0.258. The number of halogens is 6. The van der Waals surface area contributed by atoms with E-state index in [1.165, 1.54) is 0 Å². The van der Waals surface area contributed by atoms with Gasteiger partial charge in [-0.15, -0.1) is 0 Å². The normalized spacial score (nSPS) is 12.4. The topological polar surface area (TPSA) is 37.6 Å². The third-order valence-electron chi connectivity index (χ3n) is 4.06. The highest BCUT2D eigenvalue weighted by Gasteiger charge is 2.16. The van der Waals surface area contributed by atoms with E-state index in [0.717, 1.165) is 0 Å². The van der Waals surface area contributed by atoms with Gasteiger partial charge in [0.25, 0.3) is 0 Å². The lowest BCUT2D eigenvalue weighted by Crippen LogP contribution is -2.07. The van der Waals surface area contributed by atoms with Crippen LogP contribution >= 0.6 is 69.6 Å². The van der Waals surface area contributed by atoms with Crippen LogP contribution in [-0.2, 0) is 0 Å². The molecule has 9 heteroatoms. The lowest BCUT2D eigenvalue weighted by Gasteiger charge is -2.10. The Morgan fingerprint density at radius 2 is 1.10 bits per heavy atom. The van der Waals surface area contributed by atoms with Crippen LogP contribution in [0.25, 0.3) is 0 Å². The Morgan fingerprint density at radius 1 is 0.667 bits per heavy atom. The number of nitrogens with zero attached hydrogens (tertiary/aromatic N) is 3. The minimum atomic E-state index is 0.258. The molecule has 0 radical (unpaired) electrons. The average Bonchev–Trinajstić information content (AvgIpc) is 2.69. The molecule has 0 saturated heterocycles. The van der Waals surface area contributed by atoms with E-state index in [1.54, 1.807) is 56.3 Å². The first-order chi connectivity index (χ1) is 14.2. The van der Waals surface area contributed by atoms with Gasteiger partial charge in [0.05, 0.1) is 47.3 Å². The number of aliphatic imine (C=N–C) groups is 2. The first-order valence-electron chi connectivity index (χ1n) is 8.54. The summed E-state index contributed by atoms with van der Waals surface area (Å²) in [5.41, 5.74) is 2.79. The van der Waals surface area contributed by atoms with E-state index < -0.39 is 0 Å². The van der Waals surface area contributed by atoms with Gasteiger partial charge in [0, 0.05) is 0 Å². The van der Waals surface area contributed by atoms with E-state index >= 15 is 0 Å². The van der Waals surface area contributed by atoms with E-state index in [0.29, 0.717) is 59.3 Å². The fourth-order valence-corrected chi connectivity index (χ4v) is 3.95. The van der Waals surface area contributed by atoms with Crippen LogP contribution in [0.2, 0.25) is 30.1 Å². The molecule has 3 aromatic rings. The molecule has 0 aliphatic rings. The summed E-state index contributed by atoms with van der Waals surface area (Å²) in [6.07, 6.45) is 0. The van der Waals surface area contributed by atoms with Gasteiger partial charge in [0.1, 0.15) is 17.1 Å². The Kier molecular flexibility index (Phi) is 7.67. The summed E-state index contributed by atoms with van der Waals surface area (Å²) in [5.74, 6) is 0. The van der Waals surface area contributed by atoms with Crippen LogP contribution in [0.3, 0.4) is 0 Å². The van der Waals surface area contributed by atoms with Gasteiger partial charge in [-0.3, -0.25) is 0 Å². The highest BCUT2D eigenvalue weighted by atomic mass is 35.5. The van der Waals surface area contributed by atoms with Crippen molar-refractivity contribution < 1.29 is 0 Å². The number of hydrogen-bond donors (Lipinski definition) is 0. The number of benzene rings is 2. The van der Waals surface area contributed by atoms with Crippen LogP contribution in [0.4, 0.5) is 11.4 Å². The van der Waals surface area contributed by atoms with Crippen molar-refractivity contribution in [3.63, 3.8) is 0 Å². The maximum atomic E-state index is 6.40. The largest absolute Gasteiger partial charge is 0.248 e. The predicted octanol–water partition coefficient (Wildman–Crippen LogP) is 9.28. The Labute approximate surface area is 204 Å². The van der Waals surface area contributed by atoms with E-state index in [2.05, 4.69) is 15.0 Å². The summed E-state index contributed by atoms with van der Waals surface area (Å²) in [7, 11) is 0. The van der Waals surface area contributed by atoms with Crippen LogP contribution < -0.4 is 0 Å². The smallest absolute Gasteiger partial charge is 0.105 e. The lowest BCUT2D eigenvalue weighted by molar-refractivity contribution is 1.24. The first-order valence-corrected chi connectivity index (χ1v) is 10.8. The van der Waals surface area contributed by atoms with Gasteiger partial charge in [-0.2, -0.15) is 0 Å². The average molecular weight is 520 g/mol. The monoisotopic (exact) mass is 517 g/mol. The number of rotatable bonds is 4. The molecule has 0 N–H and O–H groups in total. The third kappa shape index (κ3) is 5.11. The van der Waals surface area contributed by atoms with Crippen molar-refractivity contribution >= 4 is 92.4 Å². The van der Waals surface area contributed by atoms with E-state index in [1.807, 2.05) is 0 Å². The Morgan fingerprint density at radius 3 is 1.57 bits per heavy atom. The summed E-state index contributed by atoms with van der Waals surface area (Å²) in [5, 5.41) is 2.23. The van der Waals surface area contributed by atoms with Crippen molar-refractivity contribution in [2.45, 2.75) is 13.8 Å². The molecule has 0 aliphatic carbocycles. The van der Waals surface area contributed by atoms with Gasteiger partial charge in [-0.25, -0.2) is 15.0 Å². The summed E-state index contributed by atoms with van der Waals surface area (Å²) in [4.78, 5) is 13.6. The van der Waals surface area contributed by atoms with Crippen molar-refractivity contribution in [2.75, 3.05) is 0 Å². The highest BCUT2D eigenvalue weighted by molar-refractivity contribution is 6.44. The van der Waals surface area contributed by atoms with Gasteiger partial charge < -0.3 is 0 Å². The molecule has 0 unspecified atom stereocenters. The fraction of sp³-hybridized carbons (Fsp3) is 0.0952. The number of para-hydroxylation sites is 2. The van der Waals surface area contributed by atoms with Crippen molar-refractivity contribution in [3.05, 3.63) is 84.0 Å². The third-order valence-corrected chi connectivity index (χ3v) is 6.06. The number of hydrogen-bond acceptors (Lipinski definition) is 3. The van der Waals surface area contributed by atoms with Crippen molar-refractivity contribution in [2.24, 2.45) is 9.98 Å². The SMILES string of the molecule is CC(=Nc1c(Cl)cccc1Cl)c1cc(Cl)c(Cl)c(C(C)=Nc2c(Cl)cccc2Cl)n1. The Bertz CT molecular complexity index is 1150. The van der Waals surface area contributed by atoms with Crippen molar-refractivity contribution in [1.29, 1.82) is 0 Å². The van der Waals surface area contributed by atoms with Crippen LogP contribution in [0.15, 0.2) is 52.4 Å². The molecule has 1 heterocycles. The Hall–Kier alpha value is -1.33. The molecule has 0 atom stereocenters. The second-order valence-corrected chi connectivity index (χ2v) is 8.60. The van der Waals surface area contributed by atoms with Gasteiger partial charge in [0.2, 0.25) is 0 Å². The van der Waals surface area contributed by atoms with E-state index in [9.17, 15) is 0 Å². The van der Waals surface area contributed by atoms with Gasteiger partial charge >= 0.3 is 0 Å². The minimum Gasteiger partial charge on any atom is -0.248 e. The lowest BCUT2D eigenvalue weighted by atomic mass is 10.2. The molecular formula is C21H13Cl6N3. The molecule has 3 nitrogen and oxygen atoms in total. The van der Waals surface area contributed by atoms with Crippen molar-refractivity contribution in [1.82, 2.24) is 4.98 Å². The number of pyridine rings is 1. The standard InChI is InChI=1S/C21H13Cl6N3/c1-10(28-20-12(22)5-3-6-13(20)23)17-9-16(26)18(27)19(30-17)11(2)29-21-14(24)7-4-8-15(21)25/h3-9H,1-2H3. The van der Waals surface area contributed by atoms with Crippen LogP contribution in [-0.4, -0.2) is 16.4 Å². The maximum Gasteiger partial charge on any atom is 0.105 e. The van der Waals surface area contributed by atoms with E-state index in [4.69, 9.17) is 69.6 Å². The molecule has 0 aliphatic heterocycles. The summed E-state index contributed by atoms with van der Waals surface area (Å²) in [6.45, 7) is 3.51. The molecule has 0 spiro atoms. The molecule has 154 valence electrons. The van der Waals surface area contributed by atoms with Gasteiger partial charge in [-0.05, 0) is 44.2 Å². The first kappa shape index (κ1) is 23.3. The van der Waals surface area contributed by atoms with Gasteiger partial charge in [0.15, 0.2) is 0 Å². The predicted molar refractivity (Wildman–Crippen MR) is 131 cm³/mol. The maximum absolute atomic E-state index is 6.40. The zero-order chi connectivity index (χ0) is 22.0. The molecule has 0 fully saturated rings. The van der Waals surface area contributed by atoms with Crippen molar-refractivity contribution in [3.8, 4) is 0 Å².